The van der Waals surface area contributed by atoms with E-state index >= 15 is 0 Å². The molecule has 0 bridgehead atoms. The Morgan fingerprint density at radius 3 is 1.63 bits per heavy atom. The van der Waals surface area contributed by atoms with Crippen molar-refractivity contribution in [2.45, 2.75) is 90.0 Å². The molecule has 0 aromatic carbocycles. The molecule has 0 aliphatic carbocycles. The van der Waals surface area contributed by atoms with Crippen LogP contribution < -0.4 is 0 Å². The van der Waals surface area contributed by atoms with Gasteiger partial charge in [0.1, 0.15) is 6.10 Å². The summed E-state index contributed by atoms with van der Waals surface area (Å²) in [6.07, 6.45) is -4.26. The lowest BCUT2D eigenvalue weighted by atomic mass is 9.98. The van der Waals surface area contributed by atoms with Crippen LogP contribution in [0.3, 0.4) is 0 Å². The number of hydrogen-bond donors (Lipinski definition) is 1. The minimum atomic E-state index is -1.65. The molecule has 5 atom stereocenters. The number of aliphatic hydroxyl groups is 1. The Morgan fingerprint density at radius 2 is 1.17 bits per heavy atom. The van der Waals surface area contributed by atoms with Crippen LogP contribution in [0.15, 0.2) is 12.2 Å². The van der Waals surface area contributed by atoms with Gasteiger partial charge in [-0.05, 0) is 19.3 Å². The summed E-state index contributed by atoms with van der Waals surface area (Å²) in [5, 5.41) is 9.89. The second-order valence-electron chi connectivity index (χ2n) is 7.63. The molecule has 35 heavy (non-hydrogen) atoms. The van der Waals surface area contributed by atoms with Crippen LogP contribution in [-0.4, -0.2) is 79.4 Å². The molecule has 0 unspecified atom stereocenters. The molecule has 0 radical (unpaired) electrons. The maximum atomic E-state index is 12.4. The van der Waals surface area contributed by atoms with Crippen LogP contribution >= 0.6 is 0 Å². The molecule has 1 fully saturated rings. The normalized spacial score (nSPS) is 23.9. The Hall–Kier alpha value is -2.99. The van der Waals surface area contributed by atoms with Gasteiger partial charge in [0.05, 0.1) is 13.7 Å². The van der Waals surface area contributed by atoms with Gasteiger partial charge in [-0.15, -0.1) is 0 Å². The zero-order valence-corrected chi connectivity index (χ0v) is 20.4. The van der Waals surface area contributed by atoms with Crippen molar-refractivity contribution < 1.29 is 57.5 Å². The Bertz CT molecular complexity index is 762. The number of esters is 5. The van der Waals surface area contributed by atoms with Gasteiger partial charge in [0.2, 0.25) is 12.4 Å². The van der Waals surface area contributed by atoms with Crippen molar-refractivity contribution in [2.75, 3.05) is 13.7 Å². The fourth-order valence-corrected chi connectivity index (χ4v) is 3.12. The van der Waals surface area contributed by atoms with E-state index in [2.05, 4.69) is 4.74 Å². The second-order valence-corrected chi connectivity index (χ2v) is 7.63. The smallest absolute Gasteiger partial charge is 0.333 e. The molecule has 1 aliphatic rings. The highest BCUT2D eigenvalue weighted by Gasteiger charge is 2.53. The molecular formula is C23H34O12. The molecule has 0 aromatic heterocycles. The summed E-state index contributed by atoms with van der Waals surface area (Å²) in [6.45, 7) is 4.54. The van der Waals surface area contributed by atoms with E-state index in [0.29, 0.717) is 19.3 Å². The Kier molecular flexibility index (Phi) is 13.6. The van der Waals surface area contributed by atoms with E-state index in [0.717, 1.165) is 19.3 Å². The van der Waals surface area contributed by atoms with Gasteiger partial charge in [0.15, 0.2) is 12.2 Å². The maximum absolute atomic E-state index is 12.4. The van der Waals surface area contributed by atoms with Gasteiger partial charge in [0, 0.05) is 31.4 Å². The van der Waals surface area contributed by atoms with Gasteiger partial charge in [-0.3, -0.25) is 14.4 Å². The van der Waals surface area contributed by atoms with E-state index in [1.165, 1.54) is 0 Å². The molecule has 1 N–H and O–H groups in total. The molecule has 0 amide bonds. The van der Waals surface area contributed by atoms with E-state index < -0.39 is 67.2 Å². The lowest BCUT2D eigenvalue weighted by Crippen LogP contribution is -2.63. The van der Waals surface area contributed by atoms with Crippen molar-refractivity contribution >= 4 is 29.8 Å². The highest BCUT2D eigenvalue weighted by molar-refractivity contribution is 5.91. The molecule has 0 saturated carbocycles. The van der Waals surface area contributed by atoms with Crippen LogP contribution in [0, 0.1) is 0 Å². The predicted molar refractivity (Wildman–Crippen MR) is 117 cm³/mol. The molecule has 1 saturated heterocycles. The number of methoxy groups -OCH3 is 1. The highest BCUT2D eigenvalue weighted by atomic mass is 16.7. The van der Waals surface area contributed by atoms with E-state index in [1.807, 2.05) is 0 Å². The fraction of sp³-hybridized carbons (Fsp3) is 0.696. The van der Waals surface area contributed by atoms with E-state index in [-0.39, 0.29) is 19.3 Å². The van der Waals surface area contributed by atoms with Gasteiger partial charge in [0.25, 0.3) is 0 Å². The maximum Gasteiger partial charge on any atom is 0.333 e. The van der Waals surface area contributed by atoms with Crippen LogP contribution in [0.5, 0.6) is 0 Å². The minimum absolute atomic E-state index is 0.00124. The first-order chi connectivity index (χ1) is 16.7. The summed E-state index contributed by atoms with van der Waals surface area (Å²) in [7, 11) is 1.12. The van der Waals surface area contributed by atoms with Gasteiger partial charge in [-0.25, -0.2) is 9.59 Å². The van der Waals surface area contributed by atoms with Gasteiger partial charge >= 0.3 is 29.8 Å². The summed E-state index contributed by atoms with van der Waals surface area (Å²) >= 11 is 0. The van der Waals surface area contributed by atoms with Gasteiger partial charge in [-0.2, -0.15) is 0 Å². The standard InChI is InChI=1S/C23H34O12/c1-5-8-16(26)32-20-14(13-24)31-23(35-19(29)12-11-15(25)30-4)22(34-18(28)10-7-3)21(20)33-17(27)9-6-2/h11-12,14,20-24H,5-10,13H2,1-4H3/b12-11+/t14-,20+,21+,22-,23+/m1/s1. The SMILES string of the molecule is CCCC(=O)O[C@H]1[C@@H](OC(=O)CCC)[C@@H](CO)O[C@@H](OC(=O)/C=C/C(=O)OC)[C@@H]1OC(=O)CCC. The van der Waals surface area contributed by atoms with Crippen LogP contribution in [0.2, 0.25) is 0 Å². The summed E-state index contributed by atoms with van der Waals surface area (Å²) in [4.78, 5) is 60.5. The van der Waals surface area contributed by atoms with Crippen LogP contribution in [0.1, 0.15) is 59.3 Å². The quantitative estimate of drug-likeness (QED) is 0.217. The molecule has 1 aliphatic heterocycles. The predicted octanol–water partition coefficient (Wildman–Crippen LogP) is 1.11. The largest absolute Gasteiger partial charge is 0.466 e. The average molecular weight is 503 g/mol. The first-order valence-corrected chi connectivity index (χ1v) is 11.5. The Morgan fingerprint density at radius 1 is 0.714 bits per heavy atom. The summed E-state index contributed by atoms with van der Waals surface area (Å²) in [5.41, 5.74) is 0. The Labute approximate surface area is 203 Å². The first kappa shape index (κ1) is 30.0. The number of rotatable bonds is 13. The first-order valence-electron chi connectivity index (χ1n) is 11.5. The minimum Gasteiger partial charge on any atom is -0.466 e. The van der Waals surface area contributed by atoms with E-state index in [4.69, 9.17) is 23.7 Å². The van der Waals surface area contributed by atoms with Crippen LogP contribution in [0.4, 0.5) is 0 Å². The topological polar surface area (TPSA) is 161 Å². The monoisotopic (exact) mass is 502 g/mol. The van der Waals surface area contributed by atoms with Crippen molar-refractivity contribution in [3.63, 3.8) is 0 Å². The lowest BCUT2D eigenvalue weighted by Gasteiger charge is -2.43. The number of ether oxygens (including phenoxy) is 6. The van der Waals surface area contributed by atoms with Crippen molar-refractivity contribution in [2.24, 2.45) is 0 Å². The van der Waals surface area contributed by atoms with Gasteiger partial charge < -0.3 is 33.5 Å². The van der Waals surface area contributed by atoms with Crippen molar-refractivity contribution in [1.29, 1.82) is 0 Å². The third-order valence-electron chi connectivity index (χ3n) is 4.73. The van der Waals surface area contributed by atoms with Crippen LogP contribution in [-0.2, 0) is 52.4 Å². The van der Waals surface area contributed by atoms with Crippen molar-refractivity contribution in [1.82, 2.24) is 0 Å². The lowest BCUT2D eigenvalue weighted by molar-refractivity contribution is -0.299. The number of aliphatic hydroxyl groups excluding tert-OH is 1. The number of carbonyl (C=O) groups excluding carboxylic acids is 5. The van der Waals surface area contributed by atoms with E-state index in [9.17, 15) is 29.1 Å². The Balaban J connectivity index is 3.36. The van der Waals surface area contributed by atoms with Crippen LogP contribution in [0.25, 0.3) is 0 Å². The number of hydrogen-bond acceptors (Lipinski definition) is 12. The van der Waals surface area contributed by atoms with Crippen molar-refractivity contribution in [3.8, 4) is 0 Å². The zero-order chi connectivity index (χ0) is 26.4. The van der Waals surface area contributed by atoms with E-state index in [1.54, 1.807) is 20.8 Å². The third kappa shape index (κ3) is 10.0. The molecule has 12 heteroatoms. The molecule has 0 aromatic rings. The molecule has 1 heterocycles. The molecule has 0 spiro atoms. The molecule has 1 rings (SSSR count). The summed E-state index contributed by atoms with van der Waals surface area (Å²) in [5.74, 6) is -3.91. The second kappa shape index (κ2) is 15.8. The third-order valence-corrected chi connectivity index (χ3v) is 4.73. The number of carbonyl (C=O) groups is 5. The highest BCUT2D eigenvalue weighted by Crippen LogP contribution is 2.30. The molecular weight excluding hydrogens is 468 g/mol. The fourth-order valence-electron chi connectivity index (χ4n) is 3.12. The molecule has 198 valence electrons. The summed E-state index contributed by atoms with van der Waals surface area (Å²) < 4.78 is 31.6. The molecule has 12 nitrogen and oxygen atoms in total. The summed E-state index contributed by atoms with van der Waals surface area (Å²) in [6, 6.07) is 0. The zero-order valence-electron chi connectivity index (χ0n) is 20.4. The van der Waals surface area contributed by atoms with Gasteiger partial charge in [-0.1, -0.05) is 20.8 Å². The average Bonchev–Trinajstić information content (AvgIpc) is 2.81. The van der Waals surface area contributed by atoms with Crippen molar-refractivity contribution in [3.05, 3.63) is 12.2 Å².